The minimum absolute atomic E-state index is 0.0560. The van der Waals surface area contributed by atoms with Crippen LogP contribution in [0, 0.1) is 0 Å². The Hall–Kier alpha value is -4.51. The van der Waals surface area contributed by atoms with E-state index >= 15 is 0 Å². The van der Waals surface area contributed by atoms with Gasteiger partial charge in [-0.2, -0.15) is 5.10 Å². The van der Waals surface area contributed by atoms with Crippen molar-refractivity contribution in [2.45, 2.75) is 32.8 Å². The lowest BCUT2D eigenvalue weighted by molar-refractivity contribution is 0.0284. The molecule has 3 aromatic heterocycles. The van der Waals surface area contributed by atoms with Crippen LogP contribution in [-0.2, 0) is 7.05 Å². The minimum atomic E-state index is -0.946. The summed E-state index contributed by atoms with van der Waals surface area (Å²) in [4.78, 5) is 25.8. The average molecular weight is 518 g/mol. The highest BCUT2D eigenvalue weighted by atomic mass is 16.5. The SMILES string of the molecule is CCC(=O)c1cnc(Nc2ccc(OCC(C)(C)O)cn2)cc1Nc1cccc(-c2ncn(C)n2)c1OC. The van der Waals surface area contributed by atoms with Crippen LogP contribution >= 0.6 is 0 Å². The summed E-state index contributed by atoms with van der Waals surface area (Å²) >= 11 is 0. The van der Waals surface area contributed by atoms with Crippen molar-refractivity contribution in [2.75, 3.05) is 24.4 Å². The zero-order chi connectivity index (χ0) is 27.3. The monoisotopic (exact) mass is 517 g/mol. The Morgan fingerprint density at radius 2 is 1.84 bits per heavy atom. The second-order valence-corrected chi connectivity index (χ2v) is 9.25. The van der Waals surface area contributed by atoms with E-state index in [4.69, 9.17) is 9.47 Å². The standard InChI is InChI=1S/C27H31N7O4/c1-6-22(35)19-14-29-24(32-23-11-10-17(13-28-23)38-15-27(2,3)36)12-21(19)31-20-9-7-8-18(25(20)37-5)26-30-16-34(4)33-26/h7-14,16,36H,6,15H2,1-5H3,(H2,28,29,31,32). The highest BCUT2D eigenvalue weighted by molar-refractivity contribution is 6.02. The summed E-state index contributed by atoms with van der Waals surface area (Å²) in [6.07, 6.45) is 5.04. The predicted octanol–water partition coefficient (Wildman–Crippen LogP) is 4.51. The minimum Gasteiger partial charge on any atom is -0.494 e. The van der Waals surface area contributed by atoms with Gasteiger partial charge in [0.2, 0.25) is 0 Å². The number of nitrogens with one attached hydrogen (secondary N) is 2. The quantitative estimate of drug-likeness (QED) is 0.244. The molecule has 0 fully saturated rings. The fourth-order valence-electron chi connectivity index (χ4n) is 3.61. The Balaban J connectivity index is 1.61. The molecule has 0 saturated heterocycles. The van der Waals surface area contributed by atoms with Gasteiger partial charge in [0.05, 0.1) is 41.4 Å². The normalized spacial score (nSPS) is 11.2. The number of ketones is 1. The number of rotatable bonds is 11. The molecule has 0 aliphatic carbocycles. The molecule has 0 atom stereocenters. The third-order valence-corrected chi connectivity index (χ3v) is 5.44. The maximum absolute atomic E-state index is 12.7. The van der Waals surface area contributed by atoms with Gasteiger partial charge in [-0.3, -0.25) is 9.48 Å². The topological polar surface area (TPSA) is 136 Å². The number of aliphatic hydroxyl groups is 1. The molecule has 198 valence electrons. The van der Waals surface area contributed by atoms with Crippen LogP contribution in [0.1, 0.15) is 37.6 Å². The Morgan fingerprint density at radius 1 is 1.05 bits per heavy atom. The molecule has 0 amide bonds. The maximum atomic E-state index is 12.7. The number of aryl methyl sites for hydroxylation is 1. The zero-order valence-corrected chi connectivity index (χ0v) is 22.0. The fraction of sp³-hybridized carbons (Fsp3) is 0.296. The number of pyridine rings is 2. The number of carbonyl (C=O) groups excluding carboxylic acids is 1. The molecule has 0 aliphatic heterocycles. The number of nitrogens with zero attached hydrogens (tertiary/aromatic N) is 5. The molecule has 4 rings (SSSR count). The van der Waals surface area contributed by atoms with Gasteiger partial charge in [0, 0.05) is 25.7 Å². The van der Waals surface area contributed by atoms with Gasteiger partial charge in [0.25, 0.3) is 0 Å². The smallest absolute Gasteiger partial charge is 0.184 e. The molecule has 4 aromatic rings. The summed E-state index contributed by atoms with van der Waals surface area (Å²) in [5.74, 6) is 2.57. The van der Waals surface area contributed by atoms with Crippen molar-refractivity contribution in [3.8, 4) is 22.9 Å². The molecular weight excluding hydrogens is 486 g/mol. The predicted molar refractivity (Wildman–Crippen MR) is 144 cm³/mol. The van der Waals surface area contributed by atoms with Crippen molar-refractivity contribution in [1.82, 2.24) is 24.7 Å². The number of methoxy groups -OCH3 is 1. The number of benzene rings is 1. The Kier molecular flexibility index (Phi) is 7.87. The number of para-hydroxylation sites is 1. The van der Waals surface area contributed by atoms with Crippen molar-refractivity contribution in [2.24, 2.45) is 7.05 Å². The van der Waals surface area contributed by atoms with Crippen LogP contribution in [0.5, 0.6) is 11.5 Å². The van der Waals surface area contributed by atoms with E-state index < -0.39 is 5.60 Å². The van der Waals surface area contributed by atoms with Crippen molar-refractivity contribution in [1.29, 1.82) is 0 Å². The van der Waals surface area contributed by atoms with Crippen LogP contribution in [0.25, 0.3) is 11.4 Å². The van der Waals surface area contributed by atoms with Crippen molar-refractivity contribution < 1.29 is 19.4 Å². The van der Waals surface area contributed by atoms with E-state index in [9.17, 15) is 9.90 Å². The van der Waals surface area contributed by atoms with Crippen molar-refractivity contribution >= 4 is 28.8 Å². The fourth-order valence-corrected chi connectivity index (χ4v) is 3.61. The van der Waals surface area contributed by atoms with Gasteiger partial charge in [0.1, 0.15) is 30.3 Å². The summed E-state index contributed by atoms with van der Waals surface area (Å²) in [5.41, 5.74) is 1.42. The number of hydrogen-bond acceptors (Lipinski definition) is 10. The molecule has 0 aliphatic rings. The first-order chi connectivity index (χ1) is 18.2. The molecule has 0 radical (unpaired) electrons. The third-order valence-electron chi connectivity index (χ3n) is 5.44. The van der Waals surface area contributed by atoms with Gasteiger partial charge >= 0.3 is 0 Å². The van der Waals surface area contributed by atoms with Gasteiger partial charge < -0.3 is 25.2 Å². The molecule has 3 heterocycles. The number of carbonyl (C=O) groups is 1. The Labute approximate surface area is 220 Å². The second kappa shape index (κ2) is 11.3. The average Bonchev–Trinajstić information content (AvgIpc) is 3.33. The number of Topliss-reactive ketones (excluding diaryl/α,β-unsaturated/α-hetero) is 1. The Morgan fingerprint density at radius 3 is 2.47 bits per heavy atom. The first-order valence-corrected chi connectivity index (χ1v) is 12.1. The van der Waals surface area contributed by atoms with E-state index in [0.29, 0.717) is 57.9 Å². The molecule has 0 bridgehead atoms. The number of ether oxygens (including phenoxy) is 2. The molecule has 0 spiro atoms. The van der Waals surface area contributed by atoms with Crippen LogP contribution in [0.15, 0.2) is 55.1 Å². The van der Waals surface area contributed by atoms with E-state index in [1.54, 1.807) is 70.3 Å². The molecular formula is C27H31N7O4. The summed E-state index contributed by atoms with van der Waals surface area (Å²) in [6, 6.07) is 10.8. The van der Waals surface area contributed by atoms with E-state index in [0.717, 1.165) is 0 Å². The molecule has 11 nitrogen and oxygen atoms in total. The van der Waals surface area contributed by atoms with E-state index in [-0.39, 0.29) is 12.4 Å². The van der Waals surface area contributed by atoms with Gasteiger partial charge in [-0.25, -0.2) is 15.0 Å². The molecule has 1 aromatic carbocycles. The lowest BCUT2D eigenvalue weighted by atomic mass is 10.1. The van der Waals surface area contributed by atoms with Gasteiger partial charge in [-0.1, -0.05) is 13.0 Å². The lowest BCUT2D eigenvalue weighted by Crippen LogP contribution is -2.27. The maximum Gasteiger partial charge on any atom is 0.184 e. The third kappa shape index (κ3) is 6.43. The molecule has 38 heavy (non-hydrogen) atoms. The molecule has 3 N–H and O–H groups in total. The first-order valence-electron chi connectivity index (χ1n) is 12.1. The first kappa shape index (κ1) is 26.6. The summed E-state index contributed by atoms with van der Waals surface area (Å²) in [6.45, 7) is 5.29. The Bertz CT molecular complexity index is 1410. The molecule has 11 heteroatoms. The van der Waals surface area contributed by atoms with E-state index in [1.165, 1.54) is 6.20 Å². The largest absolute Gasteiger partial charge is 0.494 e. The number of hydrogen-bond donors (Lipinski definition) is 3. The number of aromatic nitrogens is 5. The van der Waals surface area contributed by atoms with Crippen LogP contribution < -0.4 is 20.1 Å². The van der Waals surface area contributed by atoms with Crippen LogP contribution in [0.2, 0.25) is 0 Å². The molecule has 0 unspecified atom stereocenters. The van der Waals surface area contributed by atoms with E-state index in [1.807, 2.05) is 18.2 Å². The summed E-state index contributed by atoms with van der Waals surface area (Å²) in [7, 11) is 3.37. The van der Waals surface area contributed by atoms with Crippen molar-refractivity contribution in [3.05, 3.63) is 60.7 Å². The number of anilines is 4. The van der Waals surface area contributed by atoms with Gasteiger partial charge in [-0.05, 0) is 38.1 Å². The summed E-state index contributed by atoms with van der Waals surface area (Å²) < 4.78 is 12.9. The van der Waals surface area contributed by atoms with Crippen molar-refractivity contribution in [3.63, 3.8) is 0 Å². The second-order valence-electron chi connectivity index (χ2n) is 9.25. The van der Waals surface area contributed by atoms with Crippen LogP contribution in [-0.4, -0.2) is 54.9 Å². The zero-order valence-electron chi connectivity index (χ0n) is 22.0. The summed E-state index contributed by atoms with van der Waals surface area (Å²) in [5, 5.41) is 20.7. The van der Waals surface area contributed by atoms with Crippen LogP contribution in [0.3, 0.4) is 0 Å². The highest BCUT2D eigenvalue weighted by Crippen LogP contribution is 2.37. The highest BCUT2D eigenvalue weighted by Gasteiger charge is 2.18. The lowest BCUT2D eigenvalue weighted by Gasteiger charge is -2.18. The van der Waals surface area contributed by atoms with Gasteiger partial charge in [0.15, 0.2) is 17.4 Å². The van der Waals surface area contributed by atoms with Gasteiger partial charge in [-0.15, -0.1) is 0 Å². The van der Waals surface area contributed by atoms with E-state index in [2.05, 4.69) is 30.7 Å². The van der Waals surface area contributed by atoms with Crippen LogP contribution in [0.4, 0.5) is 23.0 Å². The molecule has 0 saturated carbocycles.